The van der Waals surface area contributed by atoms with Crippen molar-refractivity contribution in [3.8, 4) is 0 Å². The van der Waals surface area contributed by atoms with Crippen LogP contribution in [-0.4, -0.2) is 34.6 Å². The smallest absolute Gasteiger partial charge is 0.421 e. The number of nitrogens with zero attached hydrogens (tertiary/aromatic N) is 3. The molecule has 0 saturated heterocycles. The van der Waals surface area contributed by atoms with Crippen molar-refractivity contribution < 1.29 is 19.1 Å². The molecule has 0 spiro atoms. The van der Waals surface area contributed by atoms with Crippen molar-refractivity contribution in [1.82, 2.24) is 9.55 Å². The average molecular weight is 321 g/mol. The number of hydrogen-bond acceptors (Lipinski definition) is 5. The number of imidazole rings is 1. The number of fused-ring (bicyclic) bond motifs is 2. The maximum absolute atomic E-state index is 12.6. The lowest BCUT2D eigenvalue weighted by molar-refractivity contribution is 0.0923. The number of anilines is 1. The van der Waals surface area contributed by atoms with Gasteiger partial charge in [-0.1, -0.05) is 24.3 Å². The van der Waals surface area contributed by atoms with Gasteiger partial charge in [0.25, 0.3) is 11.8 Å². The topological polar surface area (TPSA) is 81.5 Å². The van der Waals surface area contributed by atoms with E-state index >= 15 is 0 Å². The molecule has 7 nitrogen and oxygen atoms in total. The Morgan fingerprint density at radius 3 is 2.17 bits per heavy atom. The van der Waals surface area contributed by atoms with Crippen molar-refractivity contribution in [2.24, 2.45) is 0 Å². The number of methoxy groups -OCH3 is 1. The standard InChI is InChI=1S/C17H11N3O4/c1-24-17(23)19-13-9-5-4-8-12(13)18-16(19)20-14(21)10-6-2-3-7-11(10)15(20)22/h2-9H,1H3. The van der Waals surface area contributed by atoms with Gasteiger partial charge in [-0.05, 0) is 24.3 Å². The Morgan fingerprint density at radius 1 is 0.958 bits per heavy atom. The molecule has 1 aromatic heterocycles. The average Bonchev–Trinajstić information content (AvgIpc) is 3.10. The first-order chi connectivity index (χ1) is 11.6. The summed E-state index contributed by atoms with van der Waals surface area (Å²) in [6.07, 6.45) is -0.727. The third-order valence-corrected chi connectivity index (χ3v) is 3.89. The zero-order valence-electron chi connectivity index (χ0n) is 12.6. The van der Waals surface area contributed by atoms with E-state index in [1.165, 1.54) is 7.11 Å². The molecule has 0 unspecified atom stereocenters. The van der Waals surface area contributed by atoms with E-state index in [1.807, 2.05) is 0 Å². The number of amides is 2. The van der Waals surface area contributed by atoms with Crippen molar-refractivity contribution in [1.29, 1.82) is 0 Å². The zero-order valence-corrected chi connectivity index (χ0v) is 12.6. The van der Waals surface area contributed by atoms with Gasteiger partial charge in [0.2, 0.25) is 5.95 Å². The second-order valence-electron chi connectivity index (χ2n) is 5.20. The molecule has 2 aromatic carbocycles. The van der Waals surface area contributed by atoms with Gasteiger partial charge in [-0.3, -0.25) is 9.59 Å². The molecule has 0 fully saturated rings. The molecule has 0 saturated carbocycles. The van der Waals surface area contributed by atoms with Gasteiger partial charge < -0.3 is 4.74 Å². The van der Waals surface area contributed by atoms with Crippen molar-refractivity contribution in [2.45, 2.75) is 0 Å². The third kappa shape index (κ3) is 1.78. The largest absolute Gasteiger partial charge is 0.452 e. The molecule has 118 valence electrons. The Hall–Kier alpha value is -3.48. The van der Waals surface area contributed by atoms with Gasteiger partial charge in [0.1, 0.15) is 0 Å². The number of aromatic nitrogens is 2. The fraction of sp³-hybridized carbons (Fsp3) is 0.0588. The van der Waals surface area contributed by atoms with Crippen LogP contribution in [0.3, 0.4) is 0 Å². The number of carbonyl (C=O) groups is 3. The molecule has 0 radical (unpaired) electrons. The molecule has 0 aliphatic carbocycles. The number of carbonyl (C=O) groups excluding carboxylic acids is 3. The Morgan fingerprint density at radius 2 is 1.54 bits per heavy atom. The van der Waals surface area contributed by atoms with Gasteiger partial charge >= 0.3 is 6.09 Å². The van der Waals surface area contributed by atoms with Gasteiger partial charge in [-0.15, -0.1) is 0 Å². The first-order valence-corrected chi connectivity index (χ1v) is 7.17. The van der Waals surface area contributed by atoms with E-state index in [1.54, 1.807) is 48.5 Å². The number of imide groups is 1. The van der Waals surface area contributed by atoms with E-state index in [2.05, 4.69) is 4.98 Å². The molecule has 24 heavy (non-hydrogen) atoms. The molecule has 0 atom stereocenters. The van der Waals surface area contributed by atoms with E-state index in [4.69, 9.17) is 4.74 Å². The van der Waals surface area contributed by atoms with Crippen LogP contribution in [0.15, 0.2) is 48.5 Å². The quantitative estimate of drug-likeness (QED) is 0.643. The summed E-state index contributed by atoms with van der Waals surface area (Å²) in [5.74, 6) is -1.11. The molecule has 1 aliphatic rings. The SMILES string of the molecule is COC(=O)n1c(N2C(=O)c3ccccc3C2=O)nc2ccccc21. The second-order valence-corrected chi connectivity index (χ2v) is 5.20. The van der Waals surface area contributed by atoms with Crippen LogP contribution in [0, 0.1) is 0 Å². The van der Waals surface area contributed by atoms with Crippen LogP contribution in [-0.2, 0) is 4.74 Å². The number of hydrogen-bond donors (Lipinski definition) is 0. The summed E-state index contributed by atoms with van der Waals surface area (Å²) in [6.45, 7) is 0. The van der Waals surface area contributed by atoms with Gasteiger partial charge in [0.05, 0.1) is 29.3 Å². The summed E-state index contributed by atoms with van der Waals surface area (Å²) in [6, 6.07) is 13.3. The maximum Gasteiger partial charge on any atom is 0.421 e. The van der Waals surface area contributed by atoms with Gasteiger partial charge in [-0.25, -0.2) is 19.2 Å². The monoisotopic (exact) mass is 321 g/mol. The van der Waals surface area contributed by atoms with Crippen molar-refractivity contribution in [3.63, 3.8) is 0 Å². The summed E-state index contributed by atoms with van der Waals surface area (Å²) in [5.41, 5.74) is 1.50. The maximum atomic E-state index is 12.6. The molecule has 0 N–H and O–H groups in total. The van der Waals surface area contributed by atoms with Crippen LogP contribution in [0.5, 0.6) is 0 Å². The van der Waals surface area contributed by atoms with E-state index in [0.29, 0.717) is 11.0 Å². The Labute approximate surface area is 136 Å². The van der Waals surface area contributed by atoms with Gasteiger partial charge in [-0.2, -0.15) is 0 Å². The molecular weight excluding hydrogens is 310 g/mol. The Bertz CT molecular complexity index is 987. The summed E-state index contributed by atoms with van der Waals surface area (Å²) in [4.78, 5) is 42.7. The minimum atomic E-state index is -0.727. The zero-order chi connectivity index (χ0) is 16.8. The predicted octanol–water partition coefficient (Wildman–Crippen LogP) is 2.45. The second kappa shape index (κ2) is 5.02. The normalized spacial score (nSPS) is 13.5. The van der Waals surface area contributed by atoms with E-state index < -0.39 is 17.9 Å². The third-order valence-electron chi connectivity index (χ3n) is 3.89. The highest BCUT2D eigenvalue weighted by Crippen LogP contribution is 2.30. The van der Waals surface area contributed by atoms with E-state index in [-0.39, 0.29) is 17.1 Å². The first kappa shape index (κ1) is 14.1. The number of benzene rings is 2. The first-order valence-electron chi connectivity index (χ1n) is 7.17. The molecule has 1 aliphatic heterocycles. The minimum absolute atomic E-state index is 0.0748. The van der Waals surface area contributed by atoms with Crippen LogP contribution >= 0.6 is 0 Å². The molecule has 2 amide bonds. The van der Waals surface area contributed by atoms with Crippen molar-refractivity contribution in [2.75, 3.05) is 12.0 Å². The predicted molar refractivity (Wildman–Crippen MR) is 85.1 cm³/mol. The van der Waals surface area contributed by atoms with Crippen molar-refractivity contribution in [3.05, 3.63) is 59.7 Å². The van der Waals surface area contributed by atoms with E-state index in [0.717, 1.165) is 9.47 Å². The van der Waals surface area contributed by atoms with Crippen molar-refractivity contribution >= 4 is 34.9 Å². The highest BCUT2D eigenvalue weighted by atomic mass is 16.5. The molecule has 0 bridgehead atoms. The Balaban J connectivity index is 1.97. The summed E-state index contributed by atoms with van der Waals surface area (Å²) in [7, 11) is 1.23. The molecular formula is C17H11N3O4. The van der Waals surface area contributed by atoms with E-state index in [9.17, 15) is 14.4 Å². The van der Waals surface area contributed by atoms with Crippen LogP contribution in [0.1, 0.15) is 20.7 Å². The number of rotatable bonds is 1. The van der Waals surface area contributed by atoms with Crippen LogP contribution in [0.4, 0.5) is 10.7 Å². The van der Waals surface area contributed by atoms with Gasteiger partial charge in [0, 0.05) is 0 Å². The molecule has 3 aromatic rings. The minimum Gasteiger partial charge on any atom is -0.452 e. The summed E-state index contributed by atoms with van der Waals surface area (Å²) >= 11 is 0. The molecule has 2 heterocycles. The highest BCUT2D eigenvalue weighted by molar-refractivity contribution is 6.34. The number of ether oxygens (including phenoxy) is 1. The molecule has 4 rings (SSSR count). The summed E-state index contributed by atoms with van der Waals surface area (Å²) in [5, 5.41) is 0. The fourth-order valence-corrected chi connectivity index (χ4v) is 2.81. The van der Waals surface area contributed by atoms with Crippen LogP contribution in [0.25, 0.3) is 11.0 Å². The summed E-state index contributed by atoms with van der Waals surface area (Å²) < 4.78 is 5.91. The Kier molecular flexibility index (Phi) is 2.96. The lowest BCUT2D eigenvalue weighted by atomic mass is 10.1. The number of para-hydroxylation sites is 2. The van der Waals surface area contributed by atoms with Crippen LogP contribution in [0.2, 0.25) is 0 Å². The molecule has 7 heteroatoms. The fourth-order valence-electron chi connectivity index (χ4n) is 2.81. The van der Waals surface area contributed by atoms with Gasteiger partial charge in [0.15, 0.2) is 0 Å². The lowest BCUT2D eigenvalue weighted by Crippen LogP contribution is -2.33. The lowest BCUT2D eigenvalue weighted by Gasteiger charge is -2.13. The van der Waals surface area contributed by atoms with Crippen LogP contribution < -0.4 is 4.90 Å². The highest BCUT2D eigenvalue weighted by Gasteiger charge is 2.40.